The molecule has 2 atom stereocenters. The summed E-state index contributed by atoms with van der Waals surface area (Å²) in [6.45, 7) is 4.63. The van der Waals surface area contributed by atoms with Crippen LogP contribution in [0.3, 0.4) is 0 Å². The number of unbranched alkanes of at least 4 members (excludes halogenated alkanes) is 18. The van der Waals surface area contributed by atoms with Gasteiger partial charge in [-0.15, -0.1) is 0 Å². The molecule has 1 N–H and O–H groups in total. The van der Waals surface area contributed by atoms with Crippen LogP contribution in [0.1, 0.15) is 149 Å². The third-order valence-electron chi connectivity index (χ3n) is 7.07. The minimum absolute atomic E-state index is 0.353. The van der Waals surface area contributed by atoms with Crippen LogP contribution in [0, 0.1) is 0 Å². The van der Waals surface area contributed by atoms with Gasteiger partial charge in [-0.3, -0.25) is 4.57 Å². The van der Waals surface area contributed by atoms with E-state index in [1.54, 1.807) is 0 Å². The Morgan fingerprint density at radius 3 is 1.40 bits per heavy atom. The molecule has 0 rings (SSSR count). The molecule has 0 spiro atoms. The lowest BCUT2D eigenvalue weighted by Crippen LogP contribution is -2.44. The molecule has 0 aliphatic carbocycles. The average Bonchev–Trinajstić information content (AvgIpc) is 2.78. The van der Waals surface area contributed by atoms with Gasteiger partial charge in [0.2, 0.25) is 0 Å². The maximum absolute atomic E-state index is 12.5. The largest absolute Gasteiger partial charge is 0.385 e. The second kappa shape index (κ2) is 23.0. The highest BCUT2D eigenvalue weighted by atomic mass is 31.2. The van der Waals surface area contributed by atoms with Crippen molar-refractivity contribution in [1.82, 2.24) is 0 Å². The van der Waals surface area contributed by atoms with Gasteiger partial charge in [0.15, 0.2) is 5.78 Å². The third-order valence-corrected chi connectivity index (χ3v) is 9.43. The second-order valence-electron chi connectivity index (χ2n) is 11.5. The van der Waals surface area contributed by atoms with Crippen LogP contribution in [-0.2, 0) is 9.09 Å². The first-order valence-electron chi connectivity index (χ1n) is 15.2. The highest BCUT2D eigenvalue weighted by Crippen LogP contribution is 2.51. The molecule has 0 fully saturated rings. The van der Waals surface area contributed by atoms with Crippen molar-refractivity contribution in [3.05, 3.63) is 12.2 Å². The number of hydrogen-bond acceptors (Lipinski definition) is 2. The molecular weight excluding hydrogens is 453 g/mol. The number of allylic oxidation sites excluding steroid dienone is 2. The molecule has 210 valence electrons. The van der Waals surface area contributed by atoms with Crippen LogP contribution in [0.2, 0.25) is 0 Å². The SMILES string of the molecule is CCCCCCCCCCCCCCC/C=C\CCCCCCCOP(=O)(O)C(CC)[N+](C)(C)C. The number of quaternary nitrogens is 1. The van der Waals surface area contributed by atoms with E-state index in [9.17, 15) is 9.46 Å². The number of hydrogen-bond donors (Lipinski definition) is 1. The molecule has 0 aliphatic rings. The molecule has 0 saturated heterocycles. The highest BCUT2D eigenvalue weighted by molar-refractivity contribution is 7.53. The Labute approximate surface area is 220 Å². The predicted molar refractivity (Wildman–Crippen MR) is 155 cm³/mol. The molecule has 0 heterocycles. The van der Waals surface area contributed by atoms with Crippen LogP contribution in [0.15, 0.2) is 12.2 Å². The van der Waals surface area contributed by atoms with Crippen molar-refractivity contribution in [1.29, 1.82) is 0 Å². The van der Waals surface area contributed by atoms with E-state index in [-0.39, 0.29) is 5.78 Å². The van der Waals surface area contributed by atoms with Gasteiger partial charge >= 0.3 is 7.60 Å². The first kappa shape index (κ1) is 34.9. The van der Waals surface area contributed by atoms with Crippen molar-refractivity contribution < 1.29 is 18.5 Å². The summed E-state index contributed by atoms with van der Waals surface area (Å²) in [5.74, 6) is -0.353. The molecule has 0 aliphatic heterocycles. The summed E-state index contributed by atoms with van der Waals surface area (Å²) in [5.41, 5.74) is 0. The molecule has 35 heavy (non-hydrogen) atoms. The van der Waals surface area contributed by atoms with E-state index in [1.807, 2.05) is 28.1 Å². The molecule has 0 saturated carbocycles. The summed E-state index contributed by atoms with van der Waals surface area (Å²) in [6, 6.07) is 0. The number of rotatable bonds is 26. The van der Waals surface area contributed by atoms with E-state index < -0.39 is 7.60 Å². The van der Waals surface area contributed by atoms with Gasteiger partial charge in [0.1, 0.15) is 0 Å². The van der Waals surface area contributed by atoms with Crippen LogP contribution in [-0.4, -0.2) is 42.9 Å². The molecule has 0 aromatic rings. The fraction of sp³-hybridized carbons (Fsp3) is 0.933. The van der Waals surface area contributed by atoms with Gasteiger partial charge in [0.25, 0.3) is 0 Å². The third kappa shape index (κ3) is 21.6. The fourth-order valence-corrected chi connectivity index (χ4v) is 6.81. The van der Waals surface area contributed by atoms with Gasteiger partial charge in [-0.1, -0.05) is 122 Å². The topological polar surface area (TPSA) is 46.5 Å². The summed E-state index contributed by atoms with van der Waals surface area (Å²) in [5, 5.41) is 0. The van der Waals surface area contributed by atoms with E-state index in [2.05, 4.69) is 19.1 Å². The van der Waals surface area contributed by atoms with E-state index >= 15 is 0 Å². The van der Waals surface area contributed by atoms with E-state index in [4.69, 9.17) is 4.52 Å². The minimum atomic E-state index is -3.56. The Bertz CT molecular complexity index is 530. The van der Waals surface area contributed by atoms with Crippen LogP contribution < -0.4 is 0 Å². The second-order valence-corrected chi connectivity index (χ2v) is 13.4. The Morgan fingerprint density at radius 1 is 0.657 bits per heavy atom. The zero-order chi connectivity index (χ0) is 26.3. The molecular formula is C30H63NO3P+. The maximum atomic E-state index is 12.5. The number of nitrogens with zero attached hydrogens (tertiary/aromatic N) is 1. The normalized spacial score (nSPS) is 15.0. The van der Waals surface area contributed by atoms with Gasteiger partial charge in [0, 0.05) is 6.42 Å². The highest BCUT2D eigenvalue weighted by Gasteiger charge is 2.41. The summed E-state index contributed by atoms with van der Waals surface area (Å²) in [7, 11) is 2.30. The summed E-state index contributed by atoms with van der Waals surface area (Å²) < 4.78 is 18.4. The van der Waals surface area contributed by atoms with E-state index in [0.29, 0.717) is 17.5 Å². The Hall–Kier alpha value is -0.150. The van der Waals surface area contributed by atoms with Gasteiger partial charge < -0.3 is 13.9 Å². The fourth-order valence-electron chi connectivity index (χ4n) is 4.91. The van der Waals surface area contributed by atoms with Gasteiger partial charge in [-0.2, -0.15) is 0 Å². The van der Waals surface area contributed by atoms with Crippen LogP contribution in [0.4, 0.5) is 0 Å². The molecule has 5 heteroatoms. The Morgan fingerprint density at radius 2 is 1.03 bits per heavy atom. The van der Waals surface area contributed by atoms with Crippen molar-refractivity contribution in [3.8, 4) is 0 Å². The zero-order valence-electron chi connectivity index (χ0n) is 24.4. The molecule has 0 aromatic heterocycles. The minimum Gasteiger partial charge on any atom is -0.320 e. The molecule has 4 nitrogen and oxygen atoms in total. The Balaban J connectivity index is 3.41. The summed E-state index contributed by atoms with van der Waals surface area (Å²) >= 11 is 0. The summed E-state index contributed by atoms with van der Waals surface area (Å²) in [6.07, 6.45) is 31.9. The first-order chi connectivity index (χ1) is 16.8. The van der Waals surface area contributed by atoms with Crippen LogP contribution in [0.5, 0.6) is 0 Å². The van der Waals surface area contributed by atoms with Gasteiger partial charge in [-0.25, -0.2) is 0 Å². The molecule has 0 aromatic carbocycles. The van der Waals surface area contributed by atoms with E-state index in [0.717, 1.165) is 12.8 Å². The van der Waals surface area contributed by atoms with Crippen molar-refractivity contribution >= 4 is 7.60 Å². The Kier molecular flexibility index (Phi) is 22.9. The van der Waals surface area contributed by atoms with Crippen molar-refractivity contribution in [2.45, 2.75) is 154 Å². The zero-order valence-corrected chi connectivity index (χ0v) is 25.3. The molecule has 0 bridgehead atoms. The van der Waals surface area contributed by atoms with Gasteiger partial charge in [0.05, 0.1) is 27.7 Å². The predicted octanol–water partition coefficient (Wildman–Crippen LogP) is 10.0. The van der Waals surface area contributed by atoms with E-state index in [1.165, 1.54) is 116 Å². The van der Waals surface area contributed by atoms with Gasteiger partial charge in [-0.05, 0) is 32.1 Å². The van der Waals surface area contributed by atoms with Crippen molar-refractivity contribution in [3.63, 3.8) is 0 Å². The van der Waals surface area contributed by atoms with Crippen molar-refractivity contribution in [2.24, 2.45) is 0 Å². The summed E-state index contributed by atoms with van der Waals surface area (Å²) in [4.78, 5) is 10.3. The van der Waals surface area contributed by atoms with Crippen LogP contribution >= 0.6 is 7.60 Å². The monoisotopic (exact) mass is 516 g/mol. The van der Waals surface area contributed by atoms with Crippen LogP contribution in [0.25, 0.3) is 0 Å². The molecule has 2 unspecified atom stereocenters. The lowest BCUT2D eigenvalue weighted by molar-refractivity contribution is -0.883. The maximum Gasteiger partial charge on any atom is 0.385 e. The quantitative estimate of drug-likeness (QED) is 0.0538. The smallest absolute Gasteiger partial charge is 0.320 e. The molecule has 0 radical (unpaired) electrons. The average molecular weight is 517 g/mol. The lowest BCUT2D eigenvalue weighted by Gasteiger charge is -2.35. The lowest BCUT2D eigenvalue weighted by atomic mass is 10.0. The standard InChI is InChI=1S/C30H62NO3P/c1-6-8-9-10-11-12-13-14-15-16-17-18-19-20-21-22-23-24-25-26-27-28-29-34-35(32,33)30(7-2)31(3,4)5/h21-22,30H,6-20,23-29H2,1-5H3/p+1/b22-21-. The first-order valence-corrected chi connectivity index (χ1v) is 16.8. The molecule has 0 amide bonds. The van der Waals surface area contributed by atoms with Crippen molar-refractivity contribution in [2.75, 3.05) is 27.7 Å².